The lowest BCUT2D eigenvalue weighted by molar-refractivity contribution is 0.868. The maximum atomic E-state index is 6.27. The molecule has 2 nitrogen and oxygen atoms in total. The van der Waals surface area contributed by atoms with Crippen LogP contribution in [0.15, 0.2) is 59.6 Å². The lowest BCUT2D eigenvalue weighted by Crippen LogP contribution is -2.39. The highest BCUT2D eigenvalue weighted by atomic mass is 35.5. The van der Waals surface area contributed by atoms with E-state index in [2.05, 4.69) is 4.99 Å². The van der Waals surface area contributed by atoms with Crippen LogP contribution in [0.3, 0.4) is 0 Å². The fourth-order valence-corrected chi connectivity index (χ4v) is 2.17. The molecule has 0 N–H and O–H groups in total. The molecule has 3 heteroatoms. The molecule has 0 spiro atoms. The minimum Gasteiger partial charge on any atom is -0.312 e. The number of halogens is 1. The van der Waals surface area contributed by atoms with Crippen molar-refractivity contribution in [1.82, 2.24) is 0 Å². The van der Waals surface area contributed by atoms with Crippen molar-refractivity contribution in [1.29, 1.82) is 0 Å². The summed E-state index contributed by atoms with van der Waals surface area (Å²) in [5, 5.41) is 2.04. The summed E-state index contributed by atoms with van der Waals surface area (Å²) in [5.41, 5.74) is 0.665. The first-order valence-corrected chi connectivity index (χ1v) is 5.90. The van der Waals surface area contributed by atoms with Crippen LogP contribution in [0.5, 0.6) is 0 Å². The standard InChI is InChI=1S/C14H11ClN2/c15-14-16-13-9-5-4-6-11(13)10-17(14)12-7-2-1-3-8-12/h1-10,14H. The van der Waals surface area contributed by atoms with Gasteiger partial charge in [0.05, 0.1) is 5.36 Å². The largest absolute Gasteiger partial charge is 0.312 e. The van der Waals surface area contributed by atoms with Crippen LogP contribution >= 0.6 is 11.6 Å². The van der Waals surface area contributed by atoms with E-state index >= 15 is 0 Å². The van der Waals surface area contributed by atoms with Gasteiger partial charge in [0.15, 0.2) is 0 Å². The van der Waals surface area contributed by atoms with Crippen molar-refractivity contribution in [3.8, 4) is 0 Å². The van der Waals surface area contributed by atoms with E-state index in [1.165, 1.54) is 0 Å². The van der Waals surface area contributed by atoms with Crippen LogP contribution in [0.4, 0.5) is 5.69 Å². The Balaban J connectivity index is 2.14. The molecule has 2 aromatic carbocycles. The Morgan fingerprint density at radius 1 is 0.941 bits per heavy atom. The predicted octanol–water partition coefficient (Wildman–Crippen LogP) is 2.09. The molecule has 1 unspecified atom stereocenters. The lowest BCUT2D eigenvalue weighted by Gasteiger charge is -2.25. The zero-order chi connectivity index (χ0) is 11.7. The van der Waals surface area contributed by atoms with Gasteiger partial charge in [0.25, 0.3) is 0 Å². The normalized spacial score (nSPS) is 17.9. The first-order valence-electron chi connectivity index (χ1n) is 5.47. The molecule has 0 fully saturated rings. The van der Waals surface area contributed by atoms with Crippen LogP contribution in [-0.2, 0) is 0 Å². The maximum Gasteiger partial charge on any atom is 0.202 e. The number of fused-ring (bicyclic) bond motifs is 1. The van der Waals surface area contributed by atoms with E-state index in [1.807, 2.05) is 65.7 Å². The van der Waals surface area contributed by atoms with E-state index in [1.54, 1.807) is 0 Å². The van der Waals surface area contributed by atoms with Crippen LogP contribution in [0, 0.1) is 0 Å². The smallest absolute Gasteiger partial charge is 0.202 e. The highest BCUT2D eigenvalue weighted by Crippen LogP contribution is 2.20. The minimum absolute atomic E-state index is 0.382. The average Bonchev–Trinajstić information content (AvgIpc) is 2.39. The van der Waals surface area contributed by atoms with Crippen LogP contribution in [0.2, 0.25) is 0 Å². The van der Waals surface area contributed by atoms with E-state index in [0.29, 0.717) is 0 Å². The molecule has 0 saturated carbocycles. The first-order chi connectivity index (χ1) is 8.34. The Kier molecular flexibility index (Phi) is 2.57. The van der Waals surface area contributed by atoms with Gasteiger partial charge in [-0.25, -0.2) is 4.99 Å². The van der Waals surface area contributed by atoms with Crippen molar-refractivity contribution in [3.63, 3.8) is 0 Å². The molecule has 3 rings (SSSR count). The molecule has 0 aromatic heterocycles. The summed E-state index contributed by atoms with van der Waals surface area (Å²) in [4.78, 5) is 6.43. The summed E-state index contributed by atoms with van der Waals surface area (Å²) < 4.78 is 0. The third kappa shape index (κ3) is 1.92. The zero-order valence-corrected chi connectivity index (χ0v) is 9.88. The third-order valence-electron chi connectivity index (χ3n) is 2.74. The summed E-state index contributed by atoms with van der Waals surface area (Å²) >= 11 is 6.27. The average molecular weight is 243 g/mol. The van der Waals surface area contributed by atoms with Gasteiger partial charge in [-0.1, -0.05) is 48.0 Å². The molecule has 17 heavy (non-hydrogen) atoms. The molecular weight excluding hydrogens is 232 g/mol. The van der Waals surface area contributed by atoms with Gasteiger partial charge >= 0.3 is 0 Å². The molecule has 2 aromatic rings. The fraction of sp³-hybridized carbons (Fsp3) is 0.0714. The Labute approximate surface area is 104 Å². The van der Waals surface area contributed by atoms with Crippen LogP contribution in [0.25, 0.3) is 6.20 Å². The van der Waals surface area contributed by atoms with Crippen LogP contribution in [0.1, 0.15) is 0 Å². The monoisotopic (exact) mass is 242 g/mol. The van der Waals surface area contributed by atoms with Crippen molar-refractivity contribution in [3.05, 3.63) is 65.2 Å². The van der Waals surface area contributed by atoms with Crippen LogP contribution in [-0.4, -0.2) is 5.62 Å². The Morgan fingerprint density at radius 2 is 1.65 bits per heavy atom. The van der Waals surface area contributed by atoms with Crippen molar-refractivity contribution in [2.24, 2.45) is 4.99 Å². The molecule has 84 valence electrons. The number of nitrogens with zero attached hydrogens (tertiary/aromatic N) is 2. The van der Waals surface area contributed by atoms with Gasteiger partial charge in [0, 0.05) is 17.1 Å². The number of para-hydroxylation sites is 2. The SMILES string of the molecule is ClC1N=c2ccccc2=CN1c1ccccc1. The number of rotatable bonds is 1. The summed E-state index contributed by atoms with van der Waals surface area (Å²) in [6, 6.07) is 18.0. The predicted molar refractivity (Wildman–Crippen MR) is 70.3 cm³/mol. The van der Waals surface area contributed by atoms with Crippen molar-refractivity contribution in [2.75, 3.05) is 4.90 Å². The number of anilines is 1. The fourth-order valence-electron chi connectivity index (χ4n) is 1.90. The lowest BCUT2D eigenvalue weighted by atomic mass is 10.2. The van der Waals surface area contributed by atoms with Crippen molar-refractivity contribution < 1.29 is 0 Å². The second-order valence-corrected chi connectivity index (χ2v) is 4.26. The van der Waals surface area contributed by atoms with Crippen molar-refractivity contribution in [2.45, 2.75) is 5.62 Å². The van der Waals surface area contributed by atoms with E-state index in [-0.39, 0.29) is 5.62 Å². The van der Waals surface area contributed by atoms with Gasteiger partial charge < -0.3 is 4.90 Å². The second-order valence-electron chi connectivity index (χ2n) is 3.87. The Bertz CT molecular complexity index is 637. The quantitative estimate of drug-likeness (QED) is 0.552. The van der Waals surface area contributed by atoms with E-state index in [9.17, 15) is 0 Å². The summed E-state index contributed by atoms with van der Waals surface area (Å²) in [7, 11) is 0. The topological polar surface area (TPSA) is 15.6 Å². The Hall–Kier alpha value is -1.80. The molecule has 0 saturated heterocycles. The molecule has 1 heterocycles. The van der Waals surface area contributed by atoms with Crippen molar-refractivity contribution >= 4 is 23.5 Å². The van der Waals surface area contributed by atoms with Gasteiger partial charge in [-0.2, -0.15) is 0 Å². The maximum absolute atomic E-state index is 6.27. The van der Waals surface area contributed by atoms with Gasteiger partial charge in [-0.05, 0) is 18.2 Å². The summed E-state index contributed by atoms with van der Waals surface area (Å²) in [6.07, 6.45) is 2.04. The van der Waals surface area contributed by atoms with E-state index in [0.717, 1.165) is 16.3 Å². The number of alkyl halides is 1. The number of hydrogen-bond donors (Lipinski definition) is 0. The Morgan fingerprint density at radius 3 is 2.47 bits per heavy atom. The van der Waals surface area contributed by atoms with E-state index in [4.69, 9.17) is 11.6 Å². The molecule has 0 radical (unpaired) electrons. The molecule has 1 aliphatic rings. The van der Waals surface area contributed by atoms with E-state index < -0.39 is 0 Å². The molecule has 1 aliphatic heterocycles. The van der Waals surface area contributed by atoms with Crippen LogP contribution < -0.4 is 15.5 Å². The number of benzene rings is 2. The molecule has 0 amide bonds. The first kappa shape index (κ1) is 10.4. The molecule has 1 atom stereocenters. The number of hydrogen-bond acceptors (Lipinski definition) is 2. The highest BCUT2D eigenvalue weighted by molar-refractivity contribution is 6.22. The highest BCUT2D eigenvalue weighted by Gasteiger charge is 2.15. The van der Waals surface area contributed by atoms with Gasteiger partial charge in [-0.15, -0.1) is 0 Å². The third-order valence-corrected chi connectivity index (χ3v) is 3.05. The summed E-state index contributed by atoms with van der Waals surface area (Å²) in [6.45, 7) is 0. The molecule has 0 bridgehead atoms. The zero-order valence-electron chi connectivity index (χ0n) is 9.12. The second kappa shape index (κ2) is 4.22. The van der Waals surface area contributed by atoms with Gasteiger partial charge in [-0.3, -0.25) is 0 Å². The summed E-state index contributed by atoms with van der Waals surface area (Å²) in [5.74, 6) is 0. The van der Waals surface area contributed by atoms with Gasteiger partial charge in [0.2, 0.25) is 5.62 Å². The molecule has 0 aliphatic carbocycles. The van der Waals surface area contributed by atoms with Gasteiger partial charge in [0.1, 0.15) is 0 Å². The molecular formula is C14H11ClN2. The minimum atomic E-state index is -0.382.